The monoisotopic (exact) mass is 406 g/mol. The standard InChI is InChI=1S/C10H15.C7H9O.2ClH.Zr/c1-7-6-10(4,5)9(3)8(7)2;8-6-5-7-3-1-2-4-7;;;/h1-5H3;1,3,8H,2,5-6H2;2*1H;/q2*-1;;;+2. The minimum absolute atomic E-state index is 0. The van der Waals surface area contributed by atoms with Gasteiger partial charge in [0.15, 0.2) is 0 Å². The molecule has 0 aliphatic heterocycles. The molecule has 0 heterocycles. The minimum Gasteiger partial charge on any atom is -0.396 e. The Morgan fingerprint density at radius 2 is 1.76 bits per heavy atom. The molecule has 1 nitrogen and oxygen atoms in total. The molecule has 0 aromatic heterocycles. The fraction of sp³-hybridized carbons (Fsp3) is 0.529. The first kappa shape index (κ1) is 26.3. The van der Waals surface area contributed by atoms with E-state index in [4.69, 9.17) is 5.11 Å². The Hall–Kier alpha value is 0.383. The van der Waals surface area contributed by atoms with Gasteiger partial charge in [-0.15, -0.1) is 38.2 Å². The molecule has 2 aliphatic carbocycles. The summed E-state index contributed by atoms with van der Waals surface area (Å²) >= 11 is 0. The molecule has 0 saturated heterocycles. The van der Waals surface area contributed by atoms with E-state index in [2.05, 4.69) is 46.8 Å². The predicted molar refractivity (Wildman–Crippen MR) is 91.3 cm³/mol. The van der Waals surface area contributed by atoms with E-state index >= 15 is 0 Å². The molecule has 2 aliphatic rings. The summed E-state index contributed by atoms with van der Waals surface area (Å²) in [6.45, 7) is 11.2. The first-order valence-corrected chi connectivity index (χ1v) is 6.55. The molecule has 0 aromatic carbocycles. The third kappa shape index (κ3) is 7.98. The molecule has 0 spiro atoms. The molecule has 4 heteroatoms. The van der Waals surface area contributed by atoms with Crippen molar-refractivity contribution in [2.24, 2.45) is 5.41 Å². The van der Waals surface area contributed by atoms with E-state index in [1.54, 1.807) is 0 Å². The van der Waals surface area contributed by atoms with Crippen molar-refractivity contribution in [3.8, 4) is 0 Å². The molecule has 0 bridgehead atoms. The fourth-order valence-corrected chi connectivity index (χ4v) is 2.15. The molecule has 0 unspecified atom stereocenters. The Labute approximate surface area is 161 Å². The van der Waals surface area contributed by atoms with Crippen LogP contribution in [-0.2, 0) is 26.2 Å². The summed E-state index contributed by atoms with van der Waals surface area (Å²) in [5.41, 5.74) is 5.54. The maximum atomic E-state index is 8.43. The van der Waals surface area contributed by atoms with Crippen molar-refractivity contribution in [2.45, 2.75) is 47.5 Å². The Morgan fingerprint density at radius 1 is 1.19 bits per heavy atom. The van der Waals surface area contributed by atoms with Gasteiger partial charge in [0, 0.05) is 6.61 Å². The van der Waals surface area contributed by atoms with Gasteiger partial charge in [-0.05, 0) is 6.42 Å². The number of allylic oxidation sites excluding steroid dienone is 7. The van der Waals surface area contributed by atoms with Gasteiger partial charge in [0.05, 0.1) is 0 Å². The minimum atomic E-state index is 0. The Morgan fingerprint density at radius 3 is 2.00 bits per heavy atom. The van der Waals surface area contributed by atoms with Gasteiger partial charge in [-0.3, -0.25) is 12.2 Å². The summed E-state index contributed by atoms with van der Waals surface area (Å²) in [5.74, 6) is 0. The number of aliphatic hydroxyl groups excluding tert-OH is 1. The van der Waals surface area contributed by atoms with Gasteiger partial charge in [-0.25, -0.2) is 17.2 Å². The van der Waals surface area contributed by atoms with Gasteiger partial charge in [-0.1, -0.05) is 33.1 Å². The number of halogens is 2. The van der Waals surface area contributed by atoms with E-state index in [-0.39, 0.29) is 63.0 Å². The van der Waals surface area contributed by atoms with Crippen molar-refractivity contribution in [1.29, 1.82) is 0 Å². The smallest absolute Gasteiger partial charge is 0.396 e. The van der Waals surface area contributed by atoms with Crippen LogP contribution in [0, 0.1) is 17.6 Å². The van der Waals surface area contributed by atoms with E-state index in [1.807, 2.05) is 12.2 Å². The van der Waals surface area contributed by atoms with Crippen LogP contribution in [-0.4, -0.2) is 11.7 Å². The van der Waals surface area contributed by atoms with E-state index in [1.165, 1.54) is 16.7 Å². The second kappa shape index (κ2) is 11.9. The summed E-state index contributed by atoms with van der Waals surface area (Å²) in [7, 11) is 0. The molecule has 0 amide bonds. The van der Waals surface area contributed by atoms with Crippen LogP contribution >= 0.6 is 24.8 Å². The third-order valence-corrected chi connectivity index (χ3v) is 3.71. The Kier molecular flexibility index (Phi) is 14.9. The van der Waals surface area contributed by atoms with Crippen LogP contribution in [0.5, 0.6) is 0 Å². The van der Waals surface area contributed by atoms with E-state index in [9.17, 15) is 0 Å². The van der Waals surface area contributed by atoms with Crippen molar-refractivity contribution < 1.29 is 31.3 Å². The number of hydrogen-bond donors (Lipinski definition) is 1. The maximum absolute atomic E-state index is 8.43. The molecule has 1 N–H and O–H groups in total. The van der Waals surface area contributed by atoms with E-state index < -0.39 is 0 Å². The maximum Gasteiger partial charge on any atom is 2.00 e. The van der Waals surface area contributed by atoms with Crippen molar-refractivity contribution >= 4 is 24.8 Å². The van der Waals surface area contributed by atoms with Crippen LogP contribution in [0.1, 0.15) is 47.5 Å². The Balaban J connectivity index is -0.000000274. The SMILES string of the molecule is CC1=[C-]C(C)(C)C(C)=C1C.Cl.Cl.OCCC1=[C-]CC=C1.[Zr+2]. The van der Waals surface area contributed by atoms with Gasteiger partial charge >= 0.3 is 26.2 Å². The van der Waals surface area contributed by atoms with Crippen LogP contribution in [0.25, 0.3) is 0 Å². The molecule has 2 rings (SSSR count). The molecule has 21 heavy (non-hydrogen) atoms. The largest absolute Gasteiger partial charge is 2.00 e. The molecule has 0 atom stereocenters. The summed E-state index contributed by atoms with van der Waals surface area (Å²) in [5, 5.41) is 8.43. The van der Waals surface area contributed by atoms with Crippen LogP contribution in [0.4, 0.5) is 0 Å². The fourth-order valence-electron chi connectivity index (χ4n) is 2.15. The average Bonchev–Trinajstić information content (AvgIpc) is 2.85. The zero-order valence-corrected chi connectivity index (χ0v) is 17.6. The molecule has 0 aromatic rings. The van der Waals surface area contributed by atoms with Crippen LogP contribution in [0.15, 0.2) is 34.4 Å². The number of rotatable bonds is 2. The zero-order valence-electron chi connectivity index (χ0n) is 13.5. The summed E-state index contributed by atoms with van der Waals surface area (Å²) in [4.78, 5) is 0. The third-order valence-electron chi connectivity index (χ3n) is 3.71. The molecular weight excluding hydrogens is 382 g/mol. The van der Waals surface area contributed by atoms with Crippen molar-refractivity contribution in [3.63, 3.8) is 0 Å². The summed E-state index contributed by atoms with van der Waals surface area (Å²) in [6.07, 6.45) is 12.3. The number of aliphatic hydroxyl groups is 1. The topological polar surface area (TPSA) is 20.2 Å². The second-order valence-corrected chi connectivity index (χ2v) is 5.41. The van der Waals surface area contributed by atoms with E-state index in [0.717, 1.165) is 18.4 Å². The average molecular weight is 409 g/mol. The number of hydrogen-bond acceptors (Lipinski definition) is 1. The molecule has 0 fully saturated rings. The van der Waals surface area contributed by atoms with Gasteiger partial charge in [0.1, 0.15) is 0 Å². The predicted octanol–water partition coefficient (Wildman–Crippen LogP) is 5.01. The second-order valence-electron chi connectivity index (χ2n) is 5.41. The quantitative estimate of drug-likeness (QED) is 0.637. The molecule has 118 valence electrons. The molecule has 0 saturated carbocycles. The first-order chi connectivity index (χ1) is 8.38. The van der Waals surface area contributed by atoms with Gasteiger partial charge < -0.3 is 5.11 Å². The first-order valence-electron chi connectivity index (χ1n) is 6.55. The van der Waals surface area contributed by atoms with Crippen molar-refractivity contribution in [3.05, 3.63) is 46.6 Å². The van der Waals surface area contributed by atoms with Crippen molar-refractivity contribution in [2.75, 3.05) is 6.61 Å². The summed E-state index contributed by atoms with van der Waals surface area (Å²) in [6, 6.07) is 0. The van der Waals surface area contributed by atoms with Gasteiger partial charge in [0.2, 0.25) is 0 Å². The molecule has 0 radical (unpaired) electrons. The Bertz CT molecular complexity index is 432. The van der Waals surface area contributed by atoms with Crippen LogP contribution < -0.4 is 0 Å². The van der Waals surface area contributed by atoms with Crippen molar-refractivity contribution in [1.82, 2.24) is 0 Å². The van der Waals surface area contributed by atoms with Gasteiger partial charge in [-0.2, -0.15) is 17.2 Å². The van der Waals surface area contributed by atoms with Crippen LogP contribution in [0.2, 0.25) is 0 Å². The zero-order chi connectivity index (χ0) is 13.8. The molecular formula is C17H26Cl2OZr. The van der Waals surface area contributed by atoms with Crippen LogP contribution in [0.3, 0.4) is 0 Å². The van der Waals surface area contributed by atoms with E-state index in [0.29, 0.717) is 0 Å². The van der Waals surface area contributed by atoms with Gasteiger partial charge in [0.25, 0.3) is 0 Å². The summed E-state index contributed by atoms with van der Waals surface area (Å²) < 4.78 is 0. The normalized spacial score (nSPS) is 17.6.